The maximum atomic E-state index is 11.9. The van der Waals surface area contributed by atoms with Crippen molar-refractivity contribution in [1.82, 2.24) is 15.1 Å². The molecule has 1 N–H and O–H groups in total. The Balaban J connectivity index is 2.39. The first kappa shape index (κ1) is 12.5. The van der Waals surface area contributed by atoms with E-state index in [9.17, 15) is 4.79 Å². The van der Waals surface area contributed by atoms with Crippen molar-refractivity contribution in [1.29, 1.82) is 0 Å². The van der Waals surface area contributed by atoms with Gasteiger partial charge in [-0.1, -0.05) is 6.92 Å². The normalized spacial score (nSPS) is 16.5. The molecule has 1 heterocycles. The number of hydrogen-bond donors (Lipinski definition) is 1. The maximum Gasteiger partial charge on any atom is 0.236 e. The highest BCUT2D eigenvalue weighted by atomic mass is 16.2. The van der Waals surface area contributed by atoms with Gasteiger partial charge in [-0.15, -0.1) is 0 Å². The molecule has 1 fully saturated rings. The summed E-state index contributed by atoms with van der Waals surface area (Å²) in [5, 5.41) is 3.24. The Labute approximate surface area is 92.6 Å². The van der Waals surface area contributed by atoms with Crippen LogP contribution in [-0.4, -0.2) is 61.0 Å². The van der Waals surface area contributed by atoms with Gasteiger partial charge in [0.1, 0.15) is 0 Å². The molecule has 0 bridgehead atoms. The lowest BCUT2D eigenvalue weighted by atomic mass is 10.1. The van der Waals surface area contributed by atoms with E-state index in [-0.39, 0.29) is 5.91 Å². The van der Waals surface area contributed by atoms with E-state index in [1.54, 1.807) is 0 Å². The Morgan fingerprint density at radius 2 is 1.80 bits per heavy atom. The maximum absolute atomic E-state index is 11.9. The molecular weight excluding hydrogens is 190 g/mol. The van der Waals surface area contributed by atoms with E-state index < -0.39 is 0 Å². The van der Waals surface area contributed by atoms with Crippen LogP contribution in [0.5, 0.6) is 0 Å². The van der Waals surface area contributed by atoms with Crippen molar-refractivity contribution < 1.29 is 4.79 Å². The zero-order valence-corrected chi connectivity index (χ0v) is 10.1. The Hall–Kier alpha value is -0.610. The minimum Gasteiger partial charge on any atom is -0.342 e. The van der Waals surface area contributed by atoms with E-state index in [1.165, 1.54) is 0 Å². The molecule has 1 aliphatic rings. The second-order valence-electron chi connectivity index (χ2n) is 3.94. The summed E-state index contributed by atoms with van der Waals surface area (Å²) in [5.41, 5.74) is 0. The van der Waals surface area contributed by atoms with Gasteiger partial charge >= 0.3 is 0 Å². The highest BCUT2D eigenvalue weighted by molar-refractivity contribution is 5.78. The van der Waals surface area contributed by atoms with Gasteiger partial charge in [0.05, 0.1) is 6.54 Å². The molecule has 0 aromatic heterocycles. The highest BCUT2D eigenvalue weighted by Gasteiger charge is 2.25. The van der Waals surface area contributed by atoms with Crippen molar-refractivity contribution in [3.8, 4) is 0 Å². The summed E-state index contributed by atoms with van der Waals surface area (Å²) in [6, 6.07) is 0.564. The van der Waals surface area contributed by atoms with Gasteiger partial charge < -0.3 is 10.2 Å². The van der Waals surface area contributed by atoms with E-state index in [0.717, 1.165) is 32.7 Å². The molecule has 0 unspecified atom stereocenters. The van der Waals surface area contributed by atoms with Gasteiger partial charge in [0.2, 0.25) is 5.91 Å². The monoisotopic (exact) mass is 213 g/mol. The summed E-state index contributed by atoms with van der Waals surface area (Å²) in [4.78, 5) is 16.0. The fourth-order valence-electron chi connectivity index (χ4n) is 1.88. The zero-order valence-electron chi connectivity index (χ0n) is 10.1. The number of amides is 1. The molecule has 0 radical (unpaired) electrons. The van der Waals surface area contributed by atoms with Crippen molar-refractivity contribution in [2.75, 3.05) is 39.3 Å². The van der Waals surface area contributed by atoms with Gasteiger partial charge in [0.25, 0.3) is 0 Å². The molecule has 4 heteroatoms. The van der Waals surface area contributed by atoms with Gasteiger partial charge in [-0.25, -0.2) is 0 Å². The lowest BCUT2D eigenvalue weighted by Crippen LogP contribution is -2.59. The van der Waals surface area contributed by atoms with E-state index >= 15 is 0 Å². The fraction of sp³-hybridized carbons (Fsp3) is 0.909. The number of nitrogens with zero attached hydrogens (tertiary/aromatic N) is 2. The zero-order chi connectivity index (χ0) is 11.3. The van der Waals surface area contributed by atoms with Crippen LogP contribution in [0, 0.1) is 0 Å². The third kappa shape index (κ3) is 3.18. The van der Waals surface area contributed by atoms with Crippen LogP contribution in [-0.2, 0) is 4.79 Å². The van der Waals surface area contributed by atoms with Crippen LogP contribution in [0.4, 0.5) is 0 Å². The summed E-state index contributed by atoms with van der Waals surface area (Å²) in [6.07, 6.45) is 0. The van der Waals surface area contributed by atoms with E-state index in [4.69, 9.17) is 0 Å². The molecule has 0 atom stereocenters. The minimum absolute atomic E-state index is 0.258. The van der Waals surface area contributed by atoms with Gasteiger partial charge in [-0.05, 0) is 20.4 Å². The first-order valence-corrected chi connectivity index (χ1v) is 5.95. The smallest absolute Gasteiger partial charge is 0.236 e. The first-order valence-electron chi connectivity index (χ1n) is 5.95. The highest BCUT2D eigenvalue weighted by Crippen LogP contribution is 2.05. The minimum atomic E-state index is 0.258. The third-order valence-electron chi connectivity index (χ3n) is 3.14. The quantitative estimate of drug-likeness (QED) is 0.682. The standard InChI is InChI=1S/C11H23N3O/c1-4-13(5-2)11(15)9-14(6-3)10-7-12-8-10/h10,12H,4-9H2,1-3H3. The Morgan fingerprint density at radius 1 is 1.20 bits per heavy atom. The van der Waals surface area contributed by atoms with Crippen molar-refractivity contribution >= 4 is 5.91 Å². The summed E-state index contributed by atoms with van der Waals surface area (Å²) in [6.45, 7) is 11.4. The Morgan fingerprint density at radius 3 is 2.13 bits per heavy atom. The summed E-state index contributed by atoms with van der Waals surface area (Å²) in [7, 11) is 0. The molecule has 4 nitrogen and oxygen atoms in total. The average molecular weight is 213 g/mol. The largest absolute Gasteiger partial charge is 0.342 e. The van der Waals surface area contributed by atoms with Crippen LogP contribution in [0.3, 0.4) is 0 Å². The van der Waals surface area contributed by atoms with Gasteiger partial charge in [-0.3, -0.25) is 9.69 Å². The van der Waals surface area contributed by atoms with Crippen LogP contribution in [0.1, 0.15) is 20.8 Å². The number of carbonyl (C=O) groups is 1. The molecule has 0 spiro atoms. The fourth-order valence-corrected chi connectivity index (χ4v) is 1.88. The molecular formula is C11H23N3O. The summed E-state index contributed by atoms with van der Waals surface area (Å²) in [5.74, 6) is 0.258. The summed E-state index contributed by atoms with van der Waals surface area (Å²) >= 11 is 0. The molecule has 1 aliphatic heterocycles. The third-order valence-corrected chi connectivity index (χ3v) is 3.14. The van der Waals surface area contributed by atoms with E-state index in [1.807, 2.05) is 18.7 Å². The molecule has 1 amide bonds. The van der Waals surface area contributed by atoms with E-state index in [0.29, 0.717) is 12.6 Å². The van der Waals surface area contributed by atoms with Crippen LogP contribution in [0.15, 0.2) is 0 Å². The SMILES string of the molecule is CCN(CC)C(=O)CN(CC)C1CNC1. The van der Waals surface area contributed by atoms with Gasteiger partial charge in [0.15, 0.2) is 0 Å². The predicted octanol–water partition coefficient (Wildman–Crippen LogP) is 0.149. The summed E-state index contributed by atoms with van der Waals surface area (Å²) < 4.78 is 0. The van der Waals surface area contributed by atoms with Crippen LogP contribution >= 0.6 is 0 Å². The van der Waals surface area contributed by atoms with Crippen molar-refractivity contribution in [2.24, 2.45) is 0 Å². The predicted molar refractivity (Wildman–Crippen MR) is 61.8 cm³/mol. The van der Waals surface area contributed by atoms with Gasteiger partial charge in [0, 0.05) is 32.2 Å². The van der Waals surface area contributed by atoms with Crippen molar-refractivity contribution in [2.45, 2.75) is 26.8 Å². The Bertz CT molecular complexity index is 200. The molecule has 15 heavy (non-hydrogen) atoms. The second kappa shape index (κ2) is 6.08. The molecule has 0 aromatic carbocycles. The molecule has 1 rings (SSSR count). The average Bonchev–Trinajstić information content (AvgIpc) is 2.15. The number of carbonyl (C=O) groups excluding carboxylic acids is 1. The number of hydrogen-bond acceptors (Lipinski definition) is 3. The molecule has 0 saturated carbocycles. The molecule has 88 valence electrons. The number of nitrogens with one attached hydrogen (secondary N) is 1. The Kier molecular flexibility index (Phi) is 5.05. The number of rotatable bonds is 6. The number of likely N-dealkylation sites (N-methyl/N-ethyl adjacent to an activating group) is 2. The molecule has 1 saturated heterocycles. The molecule has 0 aromatic rings. The van der Waals surface area contributed by atoms with Crippen LogP contribution < -0.4 is 5.32 Å². The second-order valence-corrected chi connectivity index (χ2v) is 3.94. The van der Waals surface area contributed by atoms with Crippen LogP contribution in [0.25, 0.3) is 0 Å². The topological polar surface area (TPSA) is 35.6 Å². The lowest BCUT2D eigenvalue weighted by Gasteiger charge is -2.38. The van der Waals surface area contributed by atoms with Crippen LogP contribution in [0.2, 0.25) is 0 Å². The van der Waals surface area contributed by atoms with Crippen molar-refractivity contribution in [3.05, 3.63) is 0 Å². The lowest BCUT2D eigenvalue weighted by molar-refractivity contribution is -0.132. The molecule has 0 aliphatic carbocycles. The van der Waals surface area contributed by atoms with Gasteiger partial charge in [-0.2, -0.15) is 0 Å². The first-order chi connectivity index (χ1) is 7.22. The van der Waals surface area contributed by atoms with E-state index in [2.05, 4.69) is 17.1 Å². The van der Waals surface area contributed by atoms with Crippen molar-refractivity contribution in [3.63, 3.8) is 0 Å².